The van der Waals surface area contributed by atoms with E-state index in [9.17, 15) is 17.6 Å². The standard InChI is InChI=1S/C21H16ClFN2O5S/c22-15-3-1-2-14(9-15)21(26)25-18-6-5-16(10-17(18)23)31(27,28)24-11-13-4-7-19-20(8-13)30-12-29-19/h1-10,24H,11-12H2,(H,25,26). The van der Waals surface area contributed by atoms with Crippen molar-refractivity contribution in [1.82, 2.24) is 4.72 Å². The lowest BCUT2D eigenvalue weighted by molar-refractivity contribution is 0.102. The summed E-state index contributed by atoms with van der Waals surface area (Å²) in [6, 6.07) is 14.4. The van der Waals surface area contributed by atoms with Gasteiger partial charge in [-0.15, -0.1) is 0 Å². The molecule has 0 spiro atoms. The van der Waals surface area contributed by atoms with E-state index in [0.717, 1.165) is 6.07 Å². The first-order valence-electron chi connectivity index (χ1n) is 9.06. The van der Waals surface area contributed by atoms with Crippen LogP contribution >= 0.6 is 11.6 Å². The molecule has 0 aliphatic carbocycles. The van der Waals surface area contributed by atoms with Crippen LogP contribution in [0.3, 0.4) is 0 Å². The number of rotatable bonds is 6. The molecule has 160 valence electrons. The number of carbonyl (C=O) groups is 1. The van der Waals surface area contributed by atoms with Crippen molar-refractivity contribution < 1.29 is 27.1 Å². The van der Waals surface area contributed by atoms with Gasteiger partial charge in [0.2, 0.25) is 16.8 Å². The summed E-state index contributed by atoms with van der Waals surface area (Å²) in [6.45, 7) is 0.0951. The Balaban J connectivity index is 1.45. The topological polar surface area (TPSA) is 93.7 Å². The summed E-state index contributed by atoms with van der Waals surface area (Å²) in [7, 11) is -3.99. The maximum absolute atomic E-state index is 14.5. The predicted molar refractivity (Wildman–Crippen MR) is 112 cm³/mol. The van der Waals surface area contributed by atoms with Crippen molar-refractivity contribution in [2.45, 2.75) is 11.4 Å². The highest BCUT2D eigenvalue weighted by molar-refractivity contribution is 7.89. The summed E-state index contributed by atoms with van der Waals surface area (Å²) in [4.78, 5) is 12.0. The Morgan fingerprint density at radius 1 is 1.03 bits per heavy atom. The number of carbonyl (C=O) groups excluding carboxylic acids is 1. The fraction of sp³-hybridized carbons (Fsp3) is 0.0952. The van der Waals surface area contributed by atoms with Gasteiger partial charge in [0.05, 0.1) is 10.6 Å². The number of amides is 1. The Morgan fingerprint density at radius 3 is 2.61 bits per heavy atom. The summed E-state index contributed by atoms with van der Waals surface area (Å²) >= 11 is 5.85. The van der Waals surface area contributed by atoms with E-state index in [0.29, 0.717) is 22.1 Å². The van der Waals surface area contributed by atoms with Crippen LogP contribution in [0.25, 0.3) is 0 Å². The van der Waals surface area contributed by atoms with Crippen LogP contribution in [-0.4, -0.2) is 21.1 Å². The third-order valence-electron chi connectivity index (χ3n) is 4.49. The van der Waals surface area contributed by atoms with Crippen LogP contribution in [0.4, 0.5) is 10.1 Å². The summed E-state index contributed by atoms with van der Waals surface area (Å²) in [5, 5.41) is 2.76. The second-order valence-corrected chi connectivity index (χ2v) is 8.82. The SMILES string of the molecule is O=C(Nc1ccc(S(=O)(=O)NCc2ccc3c(c2)OCO3)cc1F)c1cccc(Cl)c1. The van der Waals surface area contributed by atoms with Gasteiger partial charge < -0.3 is 14.8 Å². The second kappa shape index (κ2) is 8.54. The molecule has 0 radical (unpaired) electrons. The zero-order valence-corrected chi connectivity index (χ0v) is 17.5. The lowest BCUT2D eigenvalue weighted by atomic mass is 10.2. The molecule has 31 heavy (non-hydrogen) atoms. The van der Waals surface area contributed by atoms with Crippen LogP contribution in [-0.2, 0) is 16.6 Å². The largest absolute Gasteiger partial charge is 0.454 e. The first-order valence-corrected chi connectivity index (χ1v) is 10.9. The third kappa shape index (κ3) is 4.79. The molecule has 7 nitrogen and oxygen atoms in total. The van der Waals surface area contributed by atoms with Crippen molar-refractivity contribution in [3.05, 3.63) is 82.6 Å². The molecule has 2 N–H and O–H groups in total. The average Bonchev–Trinajstić information content (AvgIpc) is 3.21. The Hall–Kier alpha value is -3.14. The van der Waals surface area contributed by atoms with Gasteiger partial charge in [0.15, 0.2) is 11.5 Å². The van der Waals surface area contributed by atoms with Crippen molar-refractivity contribution in [3.8, 4) is 11.5 Å². The minimum absolute atomic E-state index is 0.0200. The van der Waals surface area contributed by atoms with Gasteiger partial charge >= 0.3 is 0 Å². The van der Waals surface area contributed by atoms with Crippen LogP contribution < -0.4 is 19.5 Å². The van der Waals surface area contributed by atoms with E-state index >= 15 is 0 Å². The molecule has 0 unspecified atom stereocenters. The van der Waals surface area contributed by atoms with Crippen LogP contribution in [0.15, 0.2) is 65.6 Å². The molecule has 4 rings (SSSR count). The molecule has 1 heterocycles. The summed E-state index contributed by atoms with van der Waals surface area (Å²) in [5.74, 6) is -0.342. The maximum atomic E-state index is 14.5. The number of halogens is 2. The Bertz CT molecular complexity index is 1270. The van der Waals surface area contributed by atoms with Gasteiger partial charge in [0.25, 0.3) is 5.91 Å². The summed E-state index contributed by atoms with van der Waals surface area (Å²) in [5.41, 5.74) is 0.743. The number of ether oxygens (including phenoxy) is 2. The van der Waals surface area contributed by atoms with E-state index < -0.39 is 21.7 Å². The summed E-state index contributed by atoms with van der Waals surface area (Å²) in [6.07, 6.45) is 0. The normalized spacial score (nSPS) is 12.6. The molecule has 0 bridgehead atoms. The van der Waals surface area contributed by atoms with E-state index in [1.807, 2.05) is 0 Å². The highest BCUT2D eigenvalue weighted by Crippen LogP contribution is 2.32. The van der Waals surface area contributed by atoms with E-state index in [1.54, 1.807) is 30.3 Å². The quantitative estimate of drug-likeness (QED) is 0.578. The third-order valence-corrected chi connectivity index (χ3v) is 6.12. The first-order chi connectivity index (χ1) is 14.8. The van der Waals surface area contributed by atoms with Crippen LogP contribution in [0.5, 0.6) is 11.5 Å². The van der Waals surface area contributed by atoms with Gasteiger partial charge in [-0.2, -0.15) is 0 Å². The Kier molecular flexibility index (Phi) is 5.81. The molecule has 3 aromatic carbocycles. The molecule has 0 atom stereocenters. The molecule has 0 fully saturated rings. The van der Waals surface area contributed by atoms with E-state index in [4.69, 9.17) is 21.1 Å². The minimum atomic E-state index is -3.99. The molecule has 1 aliphatic rings. The zero-order chi connectivity index (χ0) is 22.0. The number of fused-ring (bicyclic) bond motifs is 1. The van der Waals surface area contributed by atoms with Crippen molar-refractivity contribution in [2.75, 3.05) is 12.1 Å². The molecular weight excluding hydrogens is 447 g/mol. The number of benzene rings is 3. The zero-order valence-electron chi connectivity index (χ0n) is 15.9. The minimum Gasteiger partial charge on any atom is -0.454 e. The lowest BCUT2D eigenvalue weighted by Gasteiger charge is -2.10. The monoisotopic (exact) mass is 462 g/mol. The first kappa shape index (κ1) is 21.1. The molecule has 10 heteroatoms. The summed E-state index contributed by atoms with van der Waals surface area (Å²) < 4.78 is 52.5. The van der Waals surface area contributed by atoms with E-state index in [2.05, 4.69) is 10.0 Å². The van der Waals surface area contributed by atoms with Crippen molar-refractivity contribution in [3.63, 3.8) is 0 Å². The van der Waals surface area contributed by atoms with Gasteiger partial charge in [-0.25, -0.2) is 17.5 Å². The van der Waals surface area contributed by atoms with Gasteiger partial charge in [0, 0.05) is 17.1 Å². The van der Waals surface area contributed by atoms with Gasteiger partial charge in [0.1, 0.15) is 5.82 Å². The second-order valence-electron chi connectivity index (χ2n) is 6.62. The van der Waals surface area contributed by atoms with Gasteiger partial charge in [-0.05, 0) is 54.1 Å². The number of hydrogen-bond acceptors (Lipinski definition) is 5. The maximum Gasteiger partial charge on any atom is 0.255 e. The van der Waals surface area contributed by atoms with E-state index in [-0.39, 0.29) is 29.5 Å². The molecule has 0 saturated carbocycles. The predicted octanol–water partition coefficient (Wildman–Crippen LogP) is 3.94. The van der Waals surface area contributed by atoms with E-state index in [1.165, 1.54) is 24.3 Å². The van der Waals surface area contributed by atoms with Gasteiger partial charge in [-0.3, -0.25) is 4.79 Å². The van der Waals surface area contributed by atoms with Crippen molar-refractivity contribution >= 4 is 33.2 Å². The molecule has 1 amide bonds. The highest BCUT2D eigenvalue weighted by Gasteiger charge is 2.19. The number of anilines is 1. The highest BCUT2D eigenvalue weighted by atomic mass is 35.5. The van der Waals surface area contributed by atoms with Crippen molar-refractivity contribution in [2.24, 2.45) is 0 Å². The fourth-order valence-corrected chi connectivity index (χ4v) is 4.12. The fourth-order valence-electron chi connectivity index (χ4n) is 2.90. The Morgan fingerprint density at radius 2 is 1.84 bits per heavy atom. The average molecular weight is 463 g/mol. The molecule has 1 aliphatic heterocycles. The van der Waals surface area contributed by atoms with Crippen LogP contribution in [0.2, 0.25) is 5.02 Å². The molecule has 0 aromatic heterocycles. The molecular formula is C21H16ClFN2O5S. The number of sulfonamides is 1. The Labute approximate surface area is 182 Å². The van der Waals surface area contributed by atoms with Crippen LogP contribution in [0, 0.1) is 5.82 Å². The smallest absolute Gasteiger partial charge is 0.255 e. The number of hydrogen-bond donors (Lipinski definition) is 2. The lowest BCUT2D eigenvalue weighted by Crippen LogP contribution is -2.23. The molecule has 3 aromatic rings. The van der Waals surface area contributed by atoms with Crippen molar-refractivity contribution in [1.29, 1.82) is 0 Å². The number of nitrogens with one attached hydrogen (secondary N) is 2. The van der Waals surface area contributed by atoms with Gasteiger partial charge in [-0.1, -0.05) is 23.7 Å². The molecule has 0 saturated heterocycles. The van der Waals surface area contributed by atoms with Crippen LogP contribution in [0.1, 0.15) is 15.9 Å².